The van der Waals surface area contributed by atoms with Crippen LogP contribution in [-0.2, 0) is 32.0 Å². The molecule has 38 heavy (non-hydrogen) atoms. The fourth-order valence-electron chi connectivity index (χ4n) is 6.40. The lowest BCUT2D eigenvalue weighted by molar-refractivity contribution is -0.149. The maximum Gasteiger partial charge on any atom is 0.263 e. The lowest BCUT2D eigenvalue weighted by atomic mass is 10.0. The Labute approximate surface area is 221 Å². The van der Waals surface area contributed by atoms with Gasteiger partial charge in [-0.05, 0) is 36.8 Å². The van der Waals surface area contributed by atoms with Crippen LogP contribution in [0.15, 0.2) is 60.7 Å². The molecule has 198 valence electrons. The second kappa shape index (κ2) is 9.87. The molecule has 4 aliphatic heterocycles. The molecule has 0 saturated carbocycles. The molecular weight excluding hydrogens is 482 g/mol. The van der Waals surface area contributed by atoms with E-state index < -0.39 is 23.8 Å². The first-order valence-electron chi connectivity index (χ1n) is 13.5. The Morgan fingerprint density at radius 2 is 1.47 bits per heavy atom. The topological polar surface area (TPSA) is 121 Å². The maximum absolute atomic E-state index is 13.9. The molecule has 0 bridgehead atoms. The maximum atomic E-state index is 13.9. The predicted molar refractivity (Wildman–Crippen MR) is 139 cm³/mol. The van der Waals surface area contributed by atoms with E-state index in [4.69, 9.17) is 0 Å². The molecule has 2 aromatic rings. The molecule has 0 aromatic heterocycles. The normalized spacial score (nSPS) is 31.3. The molecule has 0 aliphatic carbocycles. The fourth-order valence-corrected chi connectivity index (χ4v) is 6.40. The quantitative estimate of drug-likeness (QED) is 0.519. The molecule has 4 heterocycles. The molecular formula is C29H33N5O4. The van der Waals surface area contributed by atoms with Crippen LogP contribution in [0.3, 0.4) is 0 Å². The Balaban J connectivity index is 1.34. The van der Waals surface area contributed by atoms with Gasteiger partial charge in [-0.2, -0.15) is 0 Å². The molecule has 9 nitrogen and oxygen atoms in total. The van der Waals surface area contributed by atoms with Gasteiger partial charge in [0, 0.05) is 32.0 Å². The van der Waals surface area contributed by atoms with Crippen LogP contribution in [-0.4, -0.2) is 76.3 Å². The van der Waals surface area contributed by atoms with E-state index in [2.05, 4.69) is 16.0 Å². The van der Waals surface area contributed by atoms with Crippen molar-refractivity contribution in [2.24, 2.45) is 0 Å². The zero-order valence-corrected chi connectivity index (χ0v) is 21.3. The summed E-state index contributed by atoms with van der Waals surface area (Å²) in [6, 6.07) is 17.2. The molecule has 9 heteroatoms. The average molecular weight is 516 g/mol. The third-order valence-corrected chi connectivity index (χ3v) is 8.32. The minimum Gasteiger partial charge on any atom is -0.349 e. The number of amides is 4. The summed E-state index contributed by atoms with van der Waals surface area (Å²) in [6.45, 7) is 0.924. The lowest BCUT2D eigenvalue weighted by Gasteiger charge is -2.33. The highest BCUT2D eigenvalue weighted by atomic mass is 16.2. The van der Waals surface area contributed by atoms with Crippen molar-refractivity contribution in [2.45, 2.75) is 68.4 Å². The van der Waals surface area contributed by atoms with Crippen LogP contribution in [0.4, 0.5) is 0 Å². The number of carbonyl (C=O) groups excluding carboxylic acids is 4. The van der Waals surface area contributed by atoms with Crippen molar-refractivity contribution < 1.29 is 19.2 Å². The molecule has 1 spiro atoms. The molecule has 2 aromatic carbocycles. The van der Waals surface area contributed by atoms with E-state index in [0.29, 0.717) is 45.2 Å². The molecule has 0 unspecified atom stereocenters. The van der Waals surface area contributed by atoms with Gasteiger partial charge in [0.15, 0.2) is 5.66 Å². The highest BCUT2D eigenvalue weighted by Crippen LogP contribution is 2.41. The lowest BCUT2D eigenvalue weighted by Crippen LogP contribution is -2.59. The Bertz CT molecular complexity index is 1240. The third kappa shape index (κ3) is 4.45. The number of nitrogens with zero attached hydrogens (tertiary/aromatic N) is 2. The zero-order chi connectivity index (χ0) is 26.3. The SMILES string of the molecule is O=C1C[C@H](Cc2ccccc2)NC(=O)[C@@]23N[C@H]2CCN3C(=O)[C@H]2CCCN2C(=O)[C@H](Cc2ccccc2)N1. The minimum atomic E-state index is -1.10. The summed E-state index contributed by atoms with van der Waals surface area (Å²) in [5, 5.41) is 9.30. The van der Waals surface area contributed by atoms with Crippen molar-refractivity contribution in [1.29, 1.82) is 0 Å². The van der Waals surface area contributed by atoms with E-state index in [1.807, 2.05) is 60.7 Å². The molecule has 3 N–H and O–H groups in total. The van der Waals surface area contributed by atoms with Gasteiger partial charge in [0.1, 0.15) is 12.1 Å². The number of hydrogen-bond donors (Lipinski definition) is 3. The number of carbonyl (C=O) groups is 4. The van der Waals surface area contributed by atoms with Crippen LogP contribution >= 0.6 is 0 Å². The zero-order valence-electron chi connectivity index (χ0n) is 21.3. The highest BCUT2D eigenvalue weighted by molar-refractivity contribution is 5.99. The summed E-state index contributed by atoms with van der Waals surface area (Å²) in [6.07, 6.45) is 2.75. The Morgan fingerprint density at radius 3 is 2.16 bits per heavy atom. The van der Waals surface area contributed by atoms with Crippen LogP contribution in [0.5, 0.6) is 0 Å². The van der Waals surface area contributed by atoms with E-state index >= 15 is 0 Å². The van der Waals surface area contributed by atoms with Crippen molar-refractivity contribution in [3.05, 3.63) is 71.8 Å². The standard InChI is InChI=1S/C29H33N5O4/c35-25-18-21(16-19-8-3-1-4-9-19)30-28(38)29-24(32-29)13-15-34(29)27(37)23-12-7-14-33(23)26(36)22(31-25)17-20-10-5-2-6-11-20/h1-6,8-11,21-24,32H,7,12-18H2,(H,30,38)(H,31,35)/t21-,22-,23+,24-,29+/m0/s1. The van der Waals surface area contributed by atoms with E-state index in [9.17, 15) is 19.2 Å². The van der Waals surface area contributed by atoms with Crippen molar-refractivity contribution in [3.63, 3.8) is 0 Å². The average Bonchev–Trinajstić information content (AvgIpc) is 3.26. The Hall–Kier alpha value is -3.72. The second-order valence-electron chi connectivity index (χ2n) is 10.8. The van der Waals surface area contributed by atoms with E-state index in [-0.39, 0.29) is 36.1 Å². The molecule has 6 rings (SSSR count). The number of rotatable bonds is 4. The summed E-state index contributed by atoms with van der Waals surface area (Å²) in [4.78, 5) is 58.1. The van der Waals surface area contributed by atoms with Gasteiger partial charge in [-0.15, -0.1) is 0 Å². The van der Waals surface area contributed by atoms with Crippen molar-refractivity contribution in [3.8, 4) is 0 Å². The number of benzene rings is 2. The first-order valence-corrected chi connectivity index (χ1v) is 13.5. The summed E-state index contributed by atoms with van der Waals surface area (Å²) < 4.78 is 0. The Kier molecular flexibility index (Phi) is 6.39. The molecule has 4 aliphatic rings. The van der Waals surface area contributed by atoms with Crippen LogP contribution < -0.4 is 16.0 Å². The van der Waals surface area contributed by atoms with Crippen molar-refractivity contribution in [2.75, 3.05) is 13.1 Å². The molecule has 4 fully saturated rings. The first-order chi connectivity index (χ1) is 18.5. The first kappa shape index (κ1) is 24.6. The summed E-state index contributed by atoms with van der Waals surface area (Å²) in [5.74, 6) is -1.02. The smallest absolute Gasteiger partial charge is 0.263 e. The van der Waals surface area contributed by atoms with Gasteiger partial charge >= 0.3 is 0 Å². The summed E-state index contributed by atoms with van der Waals surface area (Å²) in [5.41, 5.74) is 0.817. The largest absolute Gasteiger partial charge is 0.349 e. The summed E-state index contributed by atoms with van der Waals surface area (Å²) in [7, 11) is 0. The number of fused-ring (bicyclic) bond motifs is 1. The monoisotopic (exact) mass is 515 g/mol. The van der Waals surface area contributed by atoms with Crippen molar-refractivity contribution in [1.82, 2.24) is 25.8 Å². The van der Waals surface area contributed by atoms with Crippen LogP contribution in [0.1, 0.15) is 36.8 Å². The van der Waals surface area contributed by atoms with E-state index in [1.165, 1.54) is 0 Å². The van der Waals surface area contributed by atoms with Crippen LogP contribution in [0, 0.1) is 0 Å². The van der Waals surface area contributed by atoms with Gasteiger partial charge in [-0.3, -0.25) is 24.5 Å². The van der Waals surface area contributed by atoms with Gasteiger partial charge in [-0.25, -0.2) is 0 Å². The molecule has 5 atom stereocenters. The van der Waals surface area contributed by atoms with Crippen LogP contribution in [0.25, 0.3) is 0 Å². The number of nitrogens with one attached hydrogen (secondary N) is 3. The molecule has 4 amide bonds. The highest BCUT2D eigenvalue weighted by Gasteiger charge is 2.69. The summed E-state index contributed by atoms with van der Waals surface area (Å²) >= 11 is 0. The number of hydrogen-bond acceptors (Lipinski definition) is 5. The van der Waals surface area contributed by atoms with Crippen LogP contribution in [0.2, 0.25) is 0 Å². The van der Waals surface area contributed by atoms with Gasteiger partial charge in [0.2, 0.25) is 17.7 Å². The van der Waals surface area contributed by atoms with Crippen molar-refractivity contribution >= 4 is 23.6 Å². The second-order valence-corrected chi connectivity index (χ2v) is 10.8. The minimum absolute atomic E-state index is 0.0251. The van der Waals surface area contributed by atoms with Gasteiger partial charge in [0.25, 0.3) is 5.91 Å². The fraction of sp³-hybridized carbons (Fsp3) is 0.448. The predicted octanol–water partition coefficient (Wildman–Crippen LogP) is 0.737. The van der Waals surface area contributed by atoms with Gasteiger partial charge in [0.05, 0.1) is 6.04 Å². The van der Waals surface area contributed by atoms with Gasteiger partial charge in [-0.1, -0.05) is 60.7 Å². The molecule has 0 radical (unpaired) electrons. The van der Waals surface area contributed by atoms with E-state index in [1.54, 1.807) is 9.80 Å². The molecule has 4 saturated heterocycles. The Morgan fingerprint density at radius 1 is 0.789 bits per heavy atom. The van der Waals surface area contributed by atoms with E-state index in [0.717, 1.165) is 11.1 Å². The third-order valence-electron chi connectivity index (χ3n) is 8.32. The van der Waals surface area contributed by atoms with Gasteiger partial charge < -0.3 is 20.4 Å².